The summed E-state index contributed by atoms with van der Waals surface area (Å²) in [7, 11) is 0. The molecule has 4 heteroatoms. The van der Waals surface area contributed by atoms with Gasteiger partial charge in [-0.15, -0.1) is 0 Å². The molecule has 0 rings (SSSR count). The van der Waals surface area contributed by atoms with Crippen LogP contribution in [-0.2, 0) is 81.8 Å². The zero-order valence-corrected chi connectivity index (χ0v) is 8.01. The van der Waals surface area contributed by atoms with Gasteiger partial charge in [-0.1, -0.05) is 0 Å². The van der Waals surface area contributed by atoms with Crippen molar-refractivity contribution in [1.29, 1.82) is 0 Å². The number of hydrogen-bond acceptors (Lipinski definition) is 0. The smallest absolute Gasteiger partial charge is 0 e. The number of hydrogen-bond donors (Lipinski definition) is 0. The van der Waals surface area contributed by atoms with E-state index in [4.69, 9.17) is 0 Å². The molecule has 0 aliphatic heterocycles. The molecule has 0 aromatic heterocycles. The van der Waals surface area contributed by atoms with Crippen LogP contribution in [0.15, 0.2) is 0 Å². The Bertz CT molecular complexity index is 8.00. The summed E-state index contributed by atoms with van der Waals surface area (Å²) in [5.41, 5.74) is 0. The van der Waals surface area contributed by atoms with Crippen LogP contribution in [0.4, 0.5) is 0 Å². The van der Waals surface area contributed by atoms with Gasteiger partial charge in [0.25, 0.3) is 0 Å². The largest absolute Gasteiger partial charge is 0 e. The Morgan fingerprint density at radius 1 is 1.00 bits per heavy atom. The maximum absolute atomic E-state index is 0. The SMILES string of the molecule is [Cr].[Ni].[Ti].[Zr]. The summed E-state index contributed by atoms with van der Waals surface area (Å²) >= 11 is 0. The van der Waals surface area contributed by atoms with E-state index in [1.165, 1.54) is 0 Å². The Hall–Kier alpha value is 2.62. The molecule has 0 aromatic carbocycles. The molecule has 4 heavy (non-hydrogen) atoms. The van der Waals surface area contributed by atoms with Crippen LogP contribution in [0.25, 0.3) is 0 Å². The fourth-order valence-electron chi connectivity index (χ4n) is 0. The van der Waals surface area contributed by atoms with E-state index in [1.54, 1.807) is 0 Å². The minimum absolute atomic E-state index is 0. The van der Waals surface area contributed by atoms with Gasteiger partial charge in [0.15, 0.2) is 0 Å². The molecule has 0 radical (unpaired) electrons. The molecule has 0 amide bonds. The van der Waals surface area contributed by atoms with Gasteiger partial charge in [-0.2, -0.15) is 0 Å². The quantitative estimate of drug-likeness (QED) is 0.530. The number of rotatable bonds is 0. The minimum atomic E-state index is 0. The standard InChI is InChI=1S/Cr.Ni.Ti.Zr. The Kier molecular flexibility index (Phi) is 133. The third kappa shape index (κ3) is 8.82. The molecule has 0 aromatic rings. The summed E-state index contributed by atoms with van der Waals surface area (Å²) in [6.07, 6.45) is 0. The van der Waals surface area contributed by atoms with Crippen molar-refractivity contribution in [3.8, 4) is 0 Å². The third-order valence-corrected chi connectivity index (χ3v) is 0. The van der Waals surface area contributed by atoms with E-state index in [1.807, 2.05) is 0 Å². The third-order valence-electron chi connectivity index (χ3n) is 0. The van der Waals surface area contributed by atoms with Gasteiger partial charge in [-0.25, -0.2) is 0 Å². The normalized spacial score (nSPS) is 0. The molecule has 0 spiro atoms. The molecule has 0 heterocycles. The van der Waals surface area contributed by atoms with Crippen LogP contribution in [0.1, 0.15) is 0 Å². The van der Waals surface area contributed by atoms with Crippen LogP contribution >= 0.6 is 0 Å². The molecule has 0 unspecified atom stereocenters. The molecule has 0 nitrogen and oxygen atoms in total. The Morgan fingerprint density at radius 3 is 1.00 bits per heavy atom. The van der Waals surface area contributed by atoms with Gasteiger partial charge < -0.3 is 0 Å². The second-order valence-electron chi connectivity index (χ2n) is 0. The monoisotopic (exact) mass is 248 g/mol. The molecule has 0 atom stereocenters. The minimum Gasteiger partial charge on any atom is 0 e. The summed E-state index contributed by atoms with van der Waals surface area (Å²) < 4.78 is 0. The maximum atomic E-state index is 0. The summed E-state index contributed by atoms with van der Waals surface area (Å²) in [6.45, 7) is 0. The molecule has 0 aliphatic rings. The second kappa shape index (κ2) is 17.5. The first-order valence-corrected chi connectivity index (χ1v) is 0. The van der Waals surface area contributed by atoms with Crippen molar-refractivity contribution in [2.24, 2.45) is 0 Å². The maximum Gasteiger partial charge on any atom is 0 e. The van der Waals surface area contributed by atoms with Gasteiger partial charge in [0.05, 0.1) is 0 Å². The molecular formula is CrNiTiZr. The van der Waals surface area contributed by atoms with E-state index in [2.05, 4.69) is 0 Å². The van der Waals surface area contributed by atoms with E-state index in [9.17, 15) is 0 Å². The predicted octanol–water partition coefficient (Wildman–Crippen LogP) is -0.0100. The van der Waals surface area contributed by atoms with Crippen LogP contribution < -0.4 is 0 Å². The Morgan fingerprint density at radius 2 is 1.00 bits per heavy atom. The topological polar surface area (TPSA) is 0 Å². The van der Waals surface area contributed by atoms with Crippen LogP contribution in [0.2, 0.25) is 0 Å². The molecule has 0 N–H and O–H groups in total. The van der Waals surface area contributed by atoms with Gasteiger partial charge in [0, 0.05) is 81.8 Å². The zero-order valence-electron chi connectivity index (χ0n) is 1.72. The van der Waals surface area contributed by atoms with E-state index in [0.717, 1.165) is 0 Å². The van der Waals surface area contributed by atoms with Gasteiger partial charge in [-0.3, -0.25) is 0 Å². The fourth-order valence-corrected chi connectivity index (χ4v) is 0. The van der Waals surface area contributed by atoms with E-state index in [-0.39, 0.29) is 81.8 Å². The van der Waals surface area contributed by atoms with Crippen LogP contribution in [-0.4, -0.2) is 0 Å². The van der Waals surface area contributed by atoms with Crippen LogP contribution in [0.5, 0.6) is 0 Å². The zero-order chi connectivity index (χ0) is 0. The summed E-state index contributed by atoms with van der Waals surface area (Å²) in [5.74, 6) is 0. The van der Waals surface area contributed by atoms with Crippen molar-refractivity contribution in [1.82, 2.24) is 0 Å². The molecule has 0 saturated carbocycles. The van der Waals surface area contributed by atoms with E-state index < -0.39 is 0 Å². The first-order valence-electron chi connectivity index (χ1n) is 0. The van der Waals surface area contributed by atoms with Crippen molar-refractivity contribution in [3.63, 3.8) is 0 Å². The first-order chi connectivity index (χ1) is 0. The van der Waals surface area contributed by atoms with Crippen LogP contribution in [0, 0.1) is 0 Å². The molecule has 0 saturated heterocycles. The average molecular weight is 250 g/mol. The van der Waals surface area contributed by atoms with E-state index >= 15 is 0 Å². The fraction of sp³-hybridized carbons (Fsp3) is 0. The predicted molar refractivity (Wildman–Crippen MR) is 0 cm³/mol. The van der Waals surface area contributed by atoms with Gasteiger partial charge in [0.1, 0.15) is 0 Å². The Balaban J connectivity index is 0. The molecule has 0 aliphatic carbocycles. The second-order valence-corrected chi connectivity index (χ2v) is 0. The summed E-state index contributed by atoms with van der Waals surface area (Å²) in [4.78, 5) is 0. The summed E-state index contributed by atoms with van der Waals surface area (Å²) in [5, 5.41) is 0. The average Bonchev–Trinajstić information content (AvgIpc) is 0. The van der Waals surface area contributed by atoms with Crippen molar-refractivity contribution in [2.45, 2.75) is 0 Å². The van der Waals surface area contributed by atoms with Crippen molar-refractivity contribution >= 4 is 0 Å². The van der Waals surface area contributed by atoms with Crippen molar-refractivity contribution in [2.75, 3.05) is 0 Å². The molecule has 24 valence electrons. The van der Waals surface area contributed by atoms with E-state index in [0.29, 0.717) is 0 Å². The molecule has 0 fully saturated rings. The molecular weight excluding hydrogens is 250 g/mol. The van der Waals surface area contributed by atoms with Crippen LogP contribution in [0.3, 0.4) is 0 Å². The van der Waals surface area contributed by atoms with Crippen molar-refractivity contribution < 1.29 is 81.8 Å². The van der Waals surface area contributed by atoms with Gasteiger partial charge in [0.2, 0.25) is 0 Å². The van der Waals surface area contributed by atoms with Gasteiger partial charge >= 0.3 is 0 Å². The van der Waals surface area contributed by atoms with Gasteiger partial charge in [-0.05, 0) is 0 Å². The first kappa shape index (κ1) is 30.4. The van der Waals surface area contributed by atoms with Crippen molar-refractivity contribution in [3.05, 3.63) is 0 Å². The Labute approximate surface area is 80.5 Å². The molecule has 0 bridgehead atoms. The summed E-state index contributed by atoms with van der Waals surface area (Å²) in [6, 6.07) is 0.